The van der Waals surface area contributed by atoms with Gasteiger partial charge >= 0.3 is 0 Å². The van der Waals surface area contributed by atoms with Gasteiger partial charge < -0.3 is 15.0 Å². The number of nitrogens with zero attached hydrogens (tertiary/aromatic N) is 3. The Labute approximate surface area is 105 Å². The molecule has 2 aromatic heterocycles. The maximum absolute atomic E-state index is 5.42. The van der Waals surface area contributed by atoms with E-state index in [0.29, 0.717) is 6.61 Å². The Morgan fingerprint density at radius 1 is 1.28 bits per heavy atom. The van der Waals surface area contributed by atoms with Crippen LogP contribution in [0.2, 0.25) is 0 Å². The number of morpholine rings is 1. The van der Waals surface area contributed by atoms with Crippen LogP contribution in [0.1, 0.15) is 17.6 Å². The summed E-state index contributed by atoms with van der Waals surface area (Å²) in [7, 11) is 0. The Morgan fingerprint density at radius 2 is 2.17 bits per heavy atom. The molecule has 94 valence electrons. The number of imidazole rings is 1. The number of hydrogen-bond donors (Lipinski definition) is 2. The number of nitrogens with one attached hydrogen (secondary N) is 2. The summed E-state index contributed by atoms with van der Waals surface area (Å²) in [5.74, 6) is 0.884. The molecule has 1 saturated heterocycles. The molecule has 0 radical (unpaired) electrons. The van der Waals surface area contributed by atoms with E-state index in [1.807, 2.05) is 6.92 Å². The lowest BCUT2D eigenvalue weighted by molar-refractivity contribution is 0.0745. The van der Waals surface area contributed by atoms with E-state index in [4.69, 9.17) is 4.74 Å². The summed E-state index contributed by atoms with van der Waals surface area (Å²) >= 11 is 0. The van der Waals surface area contributed by atoms with Crippen molar-refractivity contribution in [2.24, 2.45) is 0 Å². The largest absolute Gasteiger partial charge is 0.378 e. The van der Waals surface area contributed by atoms with Crippen LogP contribution in [0.5, 0.6) is 0 Å². The first-order valence-electron chi connectivity index (χ1n) is 5.98. The number of hydrogen-bond acceptors (Lipinski definition) is 5. The van der Waals surface area contributed by atoms with Gasteiger partial charge in [-0.2, -0.15) is 0 Å². The minimum atomic E-state index is 0.129. The van der Waals surface area contributed by atoms with Crippen LogP contribution in [0.15, 0.2) is 18.6 Å². The first kappa shape index (κ1) is 11.3. The topological polar surface area (TPSA) is 75.7 Å². The molecule has 2 N–H and O–H groups in total. The molecule has 3 rings (SSSR count). The highest BCUT2D eigenvalue weighted by molar-refractivity contribution is 5.55. The number of aromatic nitrogens is 4. The van der Waals surface area contributed by atoms with E-state index in [1.54, 1.807) is 18.6 Å². The van der Waals surface area contributed by atoms with Crippen LogP contribution in [0, 0.1) is 6.92 Å². The fraction of sp³-hybridized carbons (Fsp3) is 0.417. The van der Waals surface area contributed by atoms with Crippen LogP contribution in [-0.4, -0.2) is 39.7 Å². The predicted octanol–water partition coefficient (Wildman–Crippen LogP) is 0.836. The quantitative estimate of drug-likeness (QED) is 0.819. The van der Waals surface area contributed by atoms with Crippen molar-refractivity contribution in [1.29, 1.82) is 0 Å². The monoisotopic (exact) mass is 245 g/mol. The van der Waals surface area contributed by atoms with E-state index in [0.717, 1.165) is 36.1 Å². The van der Waals surface area contributed by atoms with Gasteiger partial charge in [-0.25, -0.2) is 4.98 Å². The number of ether oxygens (including phenoxy) is 1. The van der Waals surface area contributed by atoms with Crippen LogP contribution < -0.4 is 5.32 Å². The average molecular weight is 245 g/mol. The molecule has 1 aliphatic heterocycles. The molecule has 2 aromatic rings. The van der Waals surface area contributed by atoms with Gasteiger partial charge in [-0.3, -0.25) is 9.97 Å². The van der Waals surface area contributed by atoms with Gasteiger partial charge in [-0.05, 0) is 6.92 Å². The van der Waals surface area contributed by atoms with Crippen molar-refractivity contribution in [1.82, 2.24) is 25.3 Å². The van der Waals surface area contributed by atoms with E-state index < -0.39 is 0 Å². The molecular weight excluding hydrogens is 230 g/mol. The lowest BCUT2D eigenvalue weighted by atomic mass is 10.2. The summed E-state index contributed by atoms with van der Waals surface area (Å²) in [6.07, 6.45) is 5.17. The maximum atomic E-state index is 5.42. The summed E-state index contributed by atoms with van der Waals surface area (Å²) in [5.41, 5.74) is 2.62. The molecule has 1 fully saturated rings. The second kappa shape index (κ2) is 4.83. The zero-order chi connectivity index (χ0) is 12.4. The van der Waals surface area contributed by atoms with E-state index in [9.17, 15) is 0 Å². The van der Waals surface area contributed by atoms with Gasteiger partial charge in [0.1, 0.15) is 11.5 Å². The lowest BCUT2D eigenvalue weighted by Gasteiger charge is -2.21. The number of aryl methyl sites for hydroxylation is 1. The van der Waals surface area contributed by atoms with Gasteiger partial charge in [0, 0.05) is 18.9 Å². The highest BCUT2D eigenvalue weighted by Gasteiger charge is 2.19. The van der Waals surface area contributed by atoms with Crippen LogP contribution in [-0.2, 0) is 4.74 Å². The number of H-pyrrole nitrogens is 1. The van der Waals surface area contributed by atoms with Gasteiger partial charge in [-0.15, -0.1) is 0 Å². The molecule has 0 saturated carbocycles. The Balaban J connectivity index is 1.87. The molecule has 6 heteroatoms. The minimum Gasteiger partial charge on any atom is -0.378 e. The van der Waals surface area contributed by atoms with Crippen molar-refractivity contribution in [3.05, 3.63) is 30.1 Å². The highest BCUT2D eigenvalue weighted by Crippen LogP contribution is 2.19. The fourth-order valence-electron chi connectivity index (χ4n) is 2.05. The molecule has 1 unspecified atom stereocenters. The van der Waals surface area contributed by atoms with Crippen molar-refractivity contribution < 1.29 is 4.74 Å². The molecule has 3 heterocycles. The third-order valence-electron chi connectivity index (χ3n) is 2.98. The van der Waals surface area contributed by atoms with Gasteiger partial charge in [0.15, 0.2) is 0 Å². The predicted molar refractivity (Wildman–Crippen MR) is 65.9 cm³/mol. The Hall–Kier alpha value is -1.79. The Kier molecular flexibility index (Phi) is 3.04. The molecule has 0 spiro atoms. The second-order valence-electron chi connectivity index (χ2n) is 4.25. The molecule has 0 aliphatic carbocycles. The van der Waals surface area contributed by atoms with Crippen LogP contribution >= 0.6 is 0 Å². The summed E-state index contributed by atoms with van der Waals surface area (Å²) in [5, 5.41) is 3.36. The van der Waals surface area contributed by atoms with E-state index >= 15 is 0 Å². The lowest BCUT2D eigenvalue weighted by Crippen LogP contribution is -2.35. The van der Waals surface area contributed by atoms with Gasteiger partial charge in [0.25, 0.3) is 0 Å². The third kappa shape index (κ3) is 2.12. The van der Waals surface area contributed by atoms with Crippen molar-refractivity contribution in [3.63, 3.8) is 0 Å². The Morgan fingerprint density at radius 3 is 2.94 bits per heavy atom. The standard InChI is InChI=1S/C12H15N5O/c1-8-11(15-3-2-13-8)9-6-16-12(17-9)10-7-18-5-4-14-10/h2-3,6,10,14H,4-5,7H2,1H3,(H,16,17). The molecule has 0 aromatic carbocycles. The fourth-order valence-corrected chi connectivity index (χ4v) is 2.05. The summed E-state index contributed by atoms with van der Waals surface area (Å²) in [6, 6.07) is 0.129. The first-order valence-corrected chi connectivity index (χ1v) is 5.98. The molecule has 0 bridgehead atoms. The summed E-state index contributed by atoms with van der Waals surface area (Å²) in [4.78, 5) is 16.2. The molecule has 1 aliphatic rings. The highest BCUT2D eigenvalue weighted by atomic mass is 16.5. The van der Waals surface area contributed by atoms with Crippen LogP contribution in [0.25, 0.3) is 11.4 Å². The van der Waals surface area contributed by atoms with Crippen molar-refractivity contribution in [3.8, 4) is 11.4 Å². The molecular formula is C12H15N5O. The van der Waals surface area contributed by atoms with Crippen molar-refractivity contribution in [2.75, 3.05) is 19.8 Å². The van der Waals surface area contributed by atoms with E-state index in [-0.39, 0.29) is 6.04 Å². The molecule has 0 amide bonds. The summed E-state index contributed by atoms with van der Waals surface area (Å²) < 4.78 is 5.42. The van der Waals surface area contributed by atoms with Crippen molar-refractivity contribution in [2.45, 2.75) is 13.0 Å². The smallest absolute Gasteiger partial charge is 0.126 e. The number of aromatic amines is 1. The zero-order valence-corrected chi connectivity index (χ0v) is 10.2. The van der Waals surface area contributed by atoms with Gasteiger partial charge in [0.05, 0.1) is 36.8 Å². The van der Waals surface area contributed by atoms with E-state index in [2.05, 4.69) is 25.3 Å². The molecule has 18 heavy (non-hydrogen) atoms. The van der Waals surface area contributed by atoms with Crippen LogP contribution in [0.4, 0.5) is 0 Å². The summed E-state index contributed by atoms with van der Waals surface area (Å²) in [6.45, 7) is 4.19. The third-order valence-corrected chi connectivity index (χ3v) is 2.98. The Bertz CT molecular complexity index is 533. The van der Waals surface area contributed by atoms with Crippen molar-refractivity contribution >= 4 is 0 Å². The minimum absolute atomic E-state index is 0.129. The van der Waals surface area contributed by atoms with Gasteiger partial charge in [0.2, 0.25) is 0 Å². The molecule has 1 atom stereocenters. The zero-order valence-electron chi connectivity index (χ0n) is 10.2. The average Bonchev–Trinajstić information content (AvgIpc) is 2.90. The second-order valence-corrected chi connectivity index (χ2v) is 4.25. The number of rotatable bonds is 2. The van der Waals surface area contributed by atoms with Gasteiger partial charge in [-0.1, -0.05) is 0 Å². The maximum Gasteiger partial charge on any atom is 0.126 e. The first-order chi connectivity index (χ1) is 8.84. The molecule has 6 nitrogen and oxygen atoms in total. The van der Waals surface area contributed by atoms with E-state index in [1.165, 1.54) is 0 Å². The SMILES string of the molecule is Cc1nccnc1-c1cnc(C2COCCN2)[nH]1. The normalized spacial score (nSPS) is 19.9. The van der Waals surface area contributed by atoms with Crippen LogP contribution in [0.3, 0.4) is 0 Å².